The second-order valence-corrected chi connectivity index (χ2v) is 6.81. The molecular weight excluding hydrogens is 326 g/mol. The maximum Gasteiger partial charge on any atom is 0.263 e. The van der Waals surface area contributed by atoms with Crippen molar-refractivity contribution in [2.24, 2.45) is 0 Å². The Kier molecular flexibility index (Phi) is 5.95. The van der Waals surface area contributed by atoms with E-state index in [-0.39, 0.29) is 5.91 Å². The van der Waals surface area contributed by atoms with Crippen LogP contribution in [0.2, 0.25) is 0 Å². The molecule has 1 amide bonds. The first kappa shape index (κ1) is 17.1. The summed E-state index contributed by atoms with van der Waals surface area (Å²) < 4.78 is 7.10. The molecule has 0 atom stereocenters. The number of nitrogens with one attached hydrogen (secondary N) is 1. The second kappa shape index (κ2) is 8.36. The standard InChI is InChI=1S/C16H23N5O2S/c1-23-9-8-21-12-18-19-15(21)11-17-13-4-6-20(7-5-13)16(22)14-3-2-10-24-14/h2-3,10,12-13,17H,4-9,11H2,1H3. The van der Waals surface area contributed by atoms with E-state index in [4.69, 9.17) is 4.74 Å². The molecule has 3 heterocycles. The van der Waals surface area contributed by atoms with E-state index >= 15 is 0 Å². The van der Waals surface area contributed by atoms with Crippen LogP contribution < -0.4 is 5.32 Å². The predicted molar refractivity (Wildman–Crippen MR) is 92.0 cm³/mol. The molecule has 0 aliphatic carbocycles. The van der Waals surface area contributed by atoms with Crippen molar-refractivity contribution in [3.63, 3.8) is 0 Å². The van der Waals surface area contributed by atoms with E-state index in [1.807, 2.05) is 27.0 Å². The predicted octanol–water partition coefficient (Wildman–Crippen LogP) is 1.38. The number of likely N-dealkylation sites (tertiary alicyclic amines) is 1. The number of rotatable bonds is 7. The molecule has 8 heteroatoms. The van der Waals surface area contributed by atoms with Crippen LogP contribution >= 0.6 is 11.3 Å². The van der Waals surface area contributed by atoms with Crippen molar-refractivity contribution in [1.29, 1.82) is 0 Å². The maximum absolute atomic E-state index is 12.3. The van der Waals surface area contributed by atoms with Gasteiger partial charge < -0.3 is 19.5 Å². The number of hydrogen-bond donors (Lipinski definition) is 1. The molecule has 0 bridgehead atoms. The zero-order chi connectivity index (χ0) is 16.8. The number of thiophene rings is 1. The Morgan fingerprint density at radius 2 is 2.29 bits per heavy atom. The number of nitrogens with zero attached hydrogens (tertiary/aromatic N) is 4. The Balaban J connectivity index is 1.44. The topological polar surface area (TPSA) is 72.3 Å². The van der Waals surface area contributed by atoms with Crippen LogP contribution in [0.4, 0.5) is 0 Å². The Labute approximate surface area is 145 Å². The maximum atomic E-state index is 12.3. The molecular formula is C16H23N5O2S. The minimum atomic E-state index is 0.155. The van der Waals surface area contributed by atoms with Crippen LogP contribution in [0.5, 0.6) is 0 Å². The minimum absolute atomic E-state index is 0.155. The number of carbonyl (C=O) groups excluding carboxylic acids is 1. The second-order valence-electron chi connectivity index (χ2n) is 5.86. The van der Waals surface area contributed by atoms with Gasteiger partial charge in [0.25, 0.3) is 5.91 Å². The molecule has 0 aromatic carbocycles. The van der Waals surface area contributed by atoms with Gasteiger partial charge in [0.1, 0.15) is 12.2 Å². The number of piperidine rings is 1. The van der Waals surface area contributed by atoms with E-state index in [0.29, 0.717) is 19.2 Å². The average Bonchev–Trinajstić information content (AvgIpc) is 3.29. The highest BCUT2D eigenvalue weighted by molar-refractivity contribution is 7.12. The van der Waals surface area contributed by atoms with Crippen molar-refractivity contribution in [2.75, 3.05) is 26.8 Å². The fourth-order valence-electron chi connectivity index (χ4n) is 2.87. The van der Waals surface area contributed by atoms with E-state index in [0.717, 1.165) is 43.2 Å². The van der Waals surface area contributed by atoms with E-state index < -0.39 is 0 Å². The third kappa shape index (κ3) is 4.19. The normalized spacial score (nSPS) is 15.8. The summed E-state index contributed by atoms with van der Waals surface area (Å²) in [7, 11) is 1.69. The van der Waals surface area contributed by atoms with Crippen molar-refractivity contribution >= 4 is 17.2 Å². The first-order chi connectivity index (χ1) is 11.8. The third-order valence-corrected chi connectivity index (χ3v) is 5.15. The lowest BCUT2D eigenvalue weighted by atomic mass is 10.0. The van der Waals surface area contributed by atoms with E-state index in [9.17, 15) is 4.79 Å². The molecule has 2 aromatic rings. The molecule has 24 heavy (non-hydrogen) atoms. The summed E-state index contributed by atoms with van der Waals surface area (Å²) in [6.07, 6.45) is 3.66. The third-order valence-electron chi connectivity index (χ3n) is 4.30. The summed E-state index contributed by atoms with van der Waals surface area (Å²) in [6.45, 7) is 3.69. The molecule has 3 rings (SSSR count). The van der Waals surface area contributed by atoms with E-state index in [2.05, 4.69) is 15.5 Å². The highest BCUT2D eigenvalue weighted by Gasteiger charge is 2.24. The number of amides is 1. The molecule has 1 aliphatic rings. The summed E-state index contributed by atoms with van der Waals surface area (Å²) in [5.74, 6) is 1.08. The van der Waals surface area contributed by atoms with Gasteiger partial charge in [-0.3, -0.25) is 4.79 Å². The number of ether oxygens (including phenoxy) is 1. The molecule has 2 aromatic heterocycles. The highest BCUT2D eigenvalue weighted by Crippen LogP contribution is 2.17. The van der Waals surface area contributed by atoms with Gasteiger partial charge in [0.2, 0.25) is 0 Å². The number of methoxy groups -OCH3 is 1. The molecule has 130 valence electrons. The Bertz CT molecular complexity index is 635. The average molecular weight is 349 g/mol. The van der Waals surface area contributed by atoms with Gasteiger partial charge in [-0.15, -0.1) is 21.5 Å². The molecule has 1 saturated heterocycles. The smallest absolute Gasteiger partial charge is 0.263 e. The summed E-state index contributed by atoms with van der Waals surface area (Å²) in [6, 6.07) is 4.22. The molecule has 0 radical (unpaired) electrons. The highest BCUT2D eigenvalue weighted by atomic mass is 32.1. The Hall–Kier alpha value is -1.77. The van der Waals surface area contributed by atoms with Crippen molar-refractivity contribution in [3.8, 4) is 0 Å². The first-order valence-corrected chi connectivity index (χ1v) is 9.07. The van der Waals surface area contributed by atoms with Gasteiger partial charge in [-0.25, -0.2) is 0 Å². The first-order valence-electron chi connectivity index (χ1n) is 8.19. The number of hydrogen-bond acceptors (Lipinski definition) is 6. The fraction of sp³-hybridized carbons (Fsp3) is 0.562. The molecule has 1 aliphatic heterocycles. The Morgan fingerprint density at radius 1 is 1.46 bits per heavy atom. The number of carbonyl (C=O) groups is 1. The SMILES string of the molecule is COCCn1cnnc1CNC1CCN(C(=O)c2cccs2)CC1. The van der Waals surface area contributed by atoms with Crippen LogP contribution in [0.3, 0.4) is 0 Å². The van der Waals surface area contributed by atoms with Crippen molar-refractivity contribution < 1.29 is 9.53 Å². The summed E-state index contributed by atoms with van der Waals surface area (Å²) in [5.41, 5.74) is 0. The lowest BCUT2D eigenvalue weighted by Gasteiger charge is -2.32. The lowest BCUT2D eigenvalue weighted by Crippen LogP contribution is -2.44. The molecule has 0 saturated carbocycles. The summed E-state index contributed by atoms with van der Waals surface area (Å²) in [4.78, 5) is 15.1. The minimum Gasteiger partial charge on any atom is -0.383 e. The van der Waals surface area contributed by atoms with E-state index in [1.54, 1.807) is 13.4 Å². The zero-order valence-electron chi connectivity index (χ0n) is 13.9. The largest absolute Gasteiger partial charge is 0.383 e. The fourth-order valence-corrected chi connectivity index (χ4v) is 3.56. The van der Waals surface area contributed by atoms with Crippen molar-refractivity contribution in [1.82, 2.24) is 25.0 Å². The van der Waals surface area contributed by atoms with Crippen LogP contribution in [0.15, 0.2) is 23.8 Å². The quantitative estimate of drug-likeness (QED) is 0.818. The zero-order valence-corrected chi connectivity index (χ0v) is 14.7. The van der Waals surface area contributed by atoms with Gasteiger partial charge in [0, 0.05) is 32.8 Å². The monoisotopic (exact) mass is 349 g/mol. The summed E-state index contributed by atoms with van der Waals surface area (Å²) in [5, 5.41) is 13.6. The van der Waals surface area contributed by atoms with Gasteiger partial charge in [0.15, 0.2) is 0 Å². The lowest BCUT2D eigenvalue weighted by molar-refractivity contribution is 0.0709. The van der Waals surface area contributed by atoms with Crippen LogP contribution in [0, 0.1) is 0 Å². The number of aromatic nitrogens is 3. The Morgan fingerprint density at radius 3 is 3.00 bits per heavy atom. The molecule has 1 fully saturated rings. The van der Waals surface area contributed by atoms with Gasteiger partial charge in [-0.2, -0.15) is 0 Å². The van der Waals surface area contributed by atoms with Crippen molar-refractivity contribution in [2.45, 2.75) is 32.0 Å². The van der Waals surface area contributed by atoms with E-state index in [1.165, 1.54) is 11.3 Å². The van der Waals surface area contributed by atoms with Gasteiger partial charge >= 0.3 is 0 Å². The van der Waals surface area contributed by atoms with Gasteiger partial charge in [-0.1, -0.05) is 6.07 Å². The van der Waals surface area contributed by atoms with Gasteiger partial charge in [0.05, 0.1) is 18.0 Å². The molecule has 0 spiro atoms. The molecule has 1 N–H and O–H groups in total. The summed E-state index contributed by atoms with van der Waals surface area (Å²) >= 11 is 1.51. The van der Waals surface area contributed by atoms with Crippen LogP contribution in [-0.2, 0) is 17.8 Å². The van der Waals surface area contributed by atoms with Crippen LogP contribution in [0.25, 0.3) is 0 Å². The van der Waals surface area contributed by atoms with Crippen LogP contribution in [0.1, 0.15) is 28.3 Å². The molecule has 0 unspecified atom stereocenters. The van der Waals surface area contributed by atoms with Gasteiger partial charge in [-0.05, 0) is 24.3 Å². The molecule has 7 nitrogen and oxygen atoms in total. The van der Waals surface area contributed by atoms with Crippen LogP contribution in [-0.4, -0.2) is 58.4 Å². The van der Waals surface area contributed by atoms with Crippen molar-refractivity contribution in [3.05, 3.63) is 34.5 Å².